The fourth-order valence-electron chi connectivity index (χ4n) is 2.76. The summed E-state index contributed by atoms with van der Waals surface area (Å²) < 4.78 is 1.62. The van der Waals surface area contributed by atoms with Gasteiger partial charge in [0.25, 0.3) is 5.91 Å². The molecular weight excluding hydrogens is 292 g/mol. The zero-order chi connectivity index (χ0) is 16.2. The van der Waals surface area contributed by atoms with E-state index in [1.54, 1.807) is 11.6 Å². The molecule has 0 unspecified atom stereocenters. The number of piperidine rings is 1. The van der Waals surface area contributed by atoms with E-state index in [0.29, 0.717) is 5.69 Å². The molecule has 0 radical (unpaired) electrons. The summed E-state index contributed by atoms with van der Waals surface area (Å²) in [4.78, 5) is 24.6. The number of hydrogen-bond acceptors (Lipinski definition) is 4. The Kier molecular flexibility index (Phi) is 4.52. The molecule has 2 heterocycles. The molecule has 0 aliphatic carbocycles. The van der Waals surface area contributed by atoms with Crippen LogP contribution >= 0.6 is 0 Å². The van der Waals surface area contributed by atoms with Crippen LogP contribution in [0.2, 0.25) is 0 Å². The van der Waals surface area contributed by atoms with Crippen molar-refractivity contribution in [2.24, 2.45) is 0 Å². The summed E-state index contributed by atoms with van der Waals surface area (Å²) in [5, 5.41) is 10.4. The van der Waals surface area contributed by atoms with Gasteiger partial charge in [-0.25, -0.2) is 4.68 Å². The molecule has 2 N–H and O–H groups in total. The van der Waals surface area contributed by atoms with Gasteiger partial charge in [0.1, 0.15) is 0 Å². The van der Waals surface area contributed by atoms with E-state index in [9.17, 15) is 9.59 Å². The number of para-hydroxylation sites is 1. The third-order valence-electron chi connectivity index (χ3n) is 4.00. The van der Waals surface area contributed by atoms with Crippen LogP contribution in [0.3, 0.4) is 0 Å². The van der Waals surface area contributed by atoms with Crippen LogP contribution < -0.4 is 16.1 Å². The summed E-state index contributed by atoms with van der Waals surface area (Å²) in [6.07, 6.45) is 1.73. The molecule has 120 valence electrons. The summed E-state index contributed by atoms with van der Waals surface area (Å²) in [5.41, 5.74) is 1.11. The van der Waals surface area contributed by atoms with Crippen molar-refractivity contribution in [2.75, 3.05) is 13.1 Å². The van der Waals surface area contributed by atoms with Gasteiger partial charge in [0.05, 0.1) is 5.69 Å². The molecule has 3 rings (SSSR count). The number of carbonyl (C=O) groups excluding carboxylic acids is 1. The first-order valence-corrected chi connectivity index (χ1v) is 7.83. The molecule has 1 saturated heterocycles. The lowest BCUT2D eigenvalue weighted by Gasteiger charge is -2.23. The maximum atomic E-state index is 12.4. The van der Waals surface area contributed by atoms with Crippen molar-refractivity contribution in [1.82, 2.24) is 20.4 Å². The van der Waals surface area contributed by atoms with Gasteiger partial charge in [0.2, 0.25) is 5.43 Å². The van der Waals surface area contributed by atoms with Crippen molar-refractivity contribution in [3.05, 3.63) is 58.0 Å². The number of hydrogen-bond donors (Lipinski definition) is 2. The lowest BCUT2D eigenvalue weighted by atomic mass is 10.1. The smallest absolute Gasteiger partial charge is 0.276 e. The van der Waals surface area contributed by atoms with Crippen molar-refractivity contribution in [2.45, 2.75) is 25.8 Å². The Hall–Kier alpha value is -2.47. The second-order valence-electron chi connectivity index (χ2n) is 5.74. The zero-order valence-corrected chi connectivity index (χ0v) is 13.1. The molecule has 6 nitrogen and oxygen atoms in total. The number of rotatable bonds is 3. The Morgan fingerprint density at radius 1 is 1.26 bits per heavy atom. The Morgan fingerprint density at radius 3 is 2.65 bits per heavy atom. The Labute approximate surface area is 134 Å². The first-order chi connectivity index (χ1) is 11.1. The Morgan fingerprint density at radius 2 is 1.96 bits per heavy atom. The average molecular weight is 312 g/mol. The van der Waals surface area contributed by atoms with E-state index < -0.39 is 5.91 Å². The highest BCUT2D eigenvalue weighted by Crippen LogP contribution is 2.08. The van der Waals surface area contributed by atoms with Crippen LogP contribution in [0, 0.1) is 6.92 Å². The number of amides is 1. The second kappa shape index (κ2) is 6.75. The van der Waals surface area contributed by atoms with Gasteiger partial charge in [-0.15, -0.1) is 0 Å². The molecule has 0 spiro atoms. The Balaban J connectivity index is 1.89. The van der Waals surface area contributed by atoms with Gasteiger partial charge in [-0.2, -0.15) is 5.10 Å². The summed E-state index contributed by atoms with van der Waals surface area (Å²) in [6, 6.07) is 11.0. The van der Waals surface area contributed by atoms with E-state index in [4.69, 9.17) is 0 Å². The van der Waals surface area contributed by atoms with Gasteiger partial charge in [0, 0.05) is 17.8 Å². The summed E-state index contributed by atoms with van der Waals surface area (Å²) in [5.74, 6) is -0.397. The second-order valence-corrected chi connectivity index (χ2v) is 5.74. The maximum absolute atomic E-state index is 12.4. The summed E-state index contributed by atoms with van der Waals surface area (Å²) >= 11 is 0. The predicted octanol–water partition coefficient (Wildman–Crippen LogP) is 1.02. The molecule has 23 heavy (non-hydrogen) atoms. The maximum Gasteiger partial charge on any atom is 0.276 e. The molecule has 6 heteroatoms. The summed E-state index contributed by atoms with van der Waals surface area (Å²) in [7, 11) is 0. The van der Waals surface area contributed by atoms with Gasteiger partial charge >= 0.3 is 0 Å². The third kappa shape index (κ3) is 3.48. The normalized spacial score (nSPS) is 15.3. The molecule has 0 saturated carbocycles. The minimum atomic E-state index is -0.397. The van der Waals surface area contributed by atoms with Crippen LogP contribution in [0.15, 0.2) is 41.2 Å². The molecule has 1 fully saturated rings. The van der Waals surface area contributed by atoms with E-state index in [1.165, 1.54) is 6.07 Å². The van der Waals surface area contributed by atoms with Gasteiger partial charge in [-0.3, -0.25) is 9.59 Å². The molecular formula is C17H20N4O2. The third-order valence-corrected chi connectivity index (χ3v) is 4.00. The fourth-order valence-corrected chi connectivity index (χ4v) is 2.76. The van der Waals surface area contributed by atoms with E-state index in [2.05, 4.69) is 15.7 Å². The molecule has 2 aromatic rings. The average Bonchev–Trinajstić information content (AvgIpc) is 2.56. The Bertz CT molecular complexity index is 749. The van der Waals surface area contributed by atoms with Crippen molar-refractivity contribution in [1.29, 1.82) is 0 Å². The molecule has 0 bridgehead atoms. The predicted molar refractivity (Wildman–Crippen MR) is 87.9 cm³/mol. The lowest BCUT2D eigenvalue weighted by Crippen LogP contribution is -2.44. The first kappa shape index (κ1) is 15.4. The number of carbonyl (C=O) groups is 1. The highest BCUT2D eigenvalue weighted by atomic mass is 16.2. The van der Waals surface area contributed by atoms with Gasteiger partial charge in [0.15, 0.2) is 5.69 Å². The van der Waals surface area contributed by atoms with Crippen molar-refractivity contribution < 1.29 is 4.79 Å². The topological polar surface area (TPSA) is 76.0 Å². The number of aryl methyl sites for hydroxylation is 1. The highest BCUT2D eigenvalue weighted by molar-refractivity contribution is 5.92. The van der Waals surface area contributed by atoms with Crippen LogP contribution in [0.1, 0.15) is 29.0 Å². The first-order valence-electron chi connectivity index (χ1n) is 7.83. The molecule has 1 aromatic carbocycles. The number of nitrogens with one attached hydrogen (secondary N) is 2. The van der Waals surface area contributed by atoms with E-state index in [-0.39, 0.29) is 17.2 Å². The van der Waals surface area contributed by atoms with Gasteiger partial charge < -0.3 is 10.6 Å². The van der Waals surface area contributed by atoms with Crippen LogP contribution in [0.4, 0.5) is 0 Å². The van der Waals surface area contributed by atoms with Gasteiger partial charge in [-0.1, -0.05) is 18.2 Å². The van der Waals surface area contributed by atoms with Crippen LogP contribution in [-0.4, -0.2) is 34.8 Å². The van der Waals surface area contributed by atoms with Crippen molar-refractivity contribution in [3.63, 3.8) is 0 Å². The molecule has 1 aliphatic rings. The minimum Gasteiger partial charge on any atom is -0.348 e. The number of nitrogens with zero attached hydrogens (tertiary/aromatic N) is 2. The highest BCUT2D eigenvalue weighted by Gasteiger charge is 2.20. The van der Waals surface area contributed by atoms with E-state index in [0.717, 1.165) is 31.6 Å². The van der Waals surface area contributed by atoms with E-state index >= 15 is 0 Å². The SMILES string of the molecule is Cc1cc(=O)c(C(=O)NC2CCNCC2)nn1-c1ccccc1. The molecule has 1 aromatic heterocycles. The van der Waals surface area contributed by atoms with Crippen molar-refractivity contribution >= 4 is 5.91 Å². The number of benzene rings is 1. The van der Waals surface area contributed by atoms with Crippen LogP contribution in [-0.2, 0) is 0 Å². The number of aromatic nitrogens is 2. The van der Waals surface area contributed by atoms with Crippen molar-refractivity contribution in [3.8, 4) is 5.69 Å². The minimum absolute atomic E-state index is 0.0574. The molecule has 1 aliphatic heterocycles. The monoisotopic (exact) mass is 312 g/mol. The quantitative estimate of drug-likeness (QED) is 0.887. The van der Waals surface area contributed by atoms with Crippen LogP contribution in [0.5, 0.6) is 0 Å². The lowest BCUT2D eigenvalue weighted by molar-refractivity contribution is 0.0921. The van der Waals surface area contributed by atoms with E-state index in [1.807, 2.05) is 30.3 Å². The van der Waals surface area contributed by atoms with Crippen LogP contribution in [0.25, 0.3) is 5.69 Å². The standard InChI is InChI=1S/C17H20N4O2/c1-12-11-15(22)16(17(23)19-13-7-9-18-10-8-13)20-21(12)14-5-3-2-4-6-14/h2-6,11,13,18H,7-10H2,1H3,(H,19,23). The molecule has 1 amide bonds. The fraction of sp³-hybridized carbons (Fsp3) is 0.353. The molecule has 0 atom stereocenters. The largest absolute Gasteiger partial charge is 0.348 e. The zero-order valence-electron chi connectivity index (χ0n) is 13.1. The summed E-state index contributed by atoms with van der Waals surface area (Å²) in [6.45, 7) is 3.55. The van der Waals surface area contributed by atoms with Gasteiger partial charge in [-0.05, 0) is 45.0 Å².